The molecule has 3 rings (SSSR count). The zero-order valence-electron chi connectivity index (χ0n) is 11.0. The van der Waals surface area contributed by atoms with Crippen LogP contribution in [0, 0.1) is 5.92 Å². The van der Waals surface area contributed by atoms with Crippen molar-refractivity contribution in [2.24, 2.45) is 5.92 Å². The van der Waals surface area contributed by atoms with E-state index < -0.39 is 0 Å². The predicted octanol–water partition coefficient (Wildman–Crippen LogP) is 0.543. The fraction of sp³-hybridized carbons (Fsp3) is 0.692. The Morgan fingerprint density at radius 3 is 3.16 bits per heavy atom. The lowest BCUT2D eigenvalue weighted by Crippen LogP contribution is -2.41. The van der Waals surface area contributed by atoms with Crippen molar-refractivity contribution < 1.29 is 9.90 Å². The van der Waals surface area contributed by atoms with Gasteiger partial charge in [0.05, 0.1) is 0 Å². The second-order valence-electron chi connectivity index (χ2n) is 5.37. The average molecular weight is 264 g/mol. The third kappa shape index (κ3) is 2.45. The van der Waals surface area contributed by atoms with Crippen LogP contribution in [0.4, 0.5) is 5.95 Å². The summed E-state index contributed by atoms with van der Waals surface area (Å²) in [5.74, 6) is 1.00. The van der Waals surface area contributed by atoms with Crippen LogP contribution in [-0.2, 0) is 6.54 Å². The summed E-state index contributed by atoms with van der Waals surface area (Å²) in [5.41, 5.74) is 0.517. The monoisotopic (exact) mass is 264 g/mol. The van der Waals surface area contributed by atoms with E-state index in [2.05, 4.69) is 10.3 Å². The number of fused-ring (bicyclic) bond motifs is 1. The number of nitrogens with one attached hydrogen (secondary N) is 1. The Morgan fingerprint density at radius 2 is 2.37 bits per heavy atom. The molecule has 3 heterocycles. The maximum Gasteiger partial charge on any atom is 0.274 e. The molecule has 1 aromatic heterocycles. The van der Waals surface area contributed by atoms with Crippen molar-refractivity contribution in [1.82, 2.24) is 14.5 Å². The Hall–Kier alpha value is -1.56. The van der Waals surface area contributed by atoms with Crippen LogP contribution in [0.25, 0.3) is 0 Å². The molecule has 1 unspecified atom stereocenters. The molecule has 2 N–H and O–H groups in total. The van der Waals surface area contributed by atoms with Crippen LogP contribution >= 0.6 is 0 Å². The third-order valence-electron chi connectivity index (χ3n) is 3.92. The van der Waals surface area contributed by atoms with Gasteiger partial charge in [-0.3, -0.25) is 4.79 Å². The lowest BCUT2D eigenvalue weighted by molar-refractivity contribution is 0.0615. The van der Waals surface area contributed by atoms with E-state index >= 15 is 0 Å². The summed E-state index contributed by atoms with van der Waals surface area (Å²) in [6.45, 7) is 3.41. The van der Waals surface area contributed by atoms with Gasteiger partial charge in [0, 0.05) is 39.0 Å². The number of hydrogen-bond acceptors (Lipinski definition) is 4. The predicted molar refractivity (Wildman–Crippen MR) is 71.0 cm³/mol. The number of imidazole rings is 1. The third-order valence-corrected chi connectivity index (χ3v) is 3.92. The second kappa shape index (κ2) is 5.21. The first kappa shape index (κ1) is 12.5. The molecule has 0 radical (unpaired) electrons. The highest BCUT2D eigenvalue weighted by Gasteiger charge is 2.26. The molecule has 1 amide bonds. The van der Waals surface area contributed by atoms with Gasteiger partial charge in [0.1, 0.15) is 5.69 Å². The van der Waals surface area contributed by atoms with E-state index in [-0.39, 0.29) is 18.4 Å². The highest BCUT2D eigenvalue weighted by Crippen LogP contribution is 2.20. The molecule has 1 aromatic rings. The Labute approximate surface area is 112 Å². The van der Waals surface area contributed by atoms with E-state index in [0.717, 1.165) is 44.8 Å². The molecule has 0 aliphatic carbocycles. The smallest absolute Gasteiger partial charge is 0.274 e. The standard InChI is InChI=1S/C13H20N4O2/c18-9-10-3-1-5-16(7-10)12(19)11-8-17-6-2-4-14-13(17)15-11/h8,10,18H,1-7,9H2,(H,14,15). The Morgan fingerprint density at radius 1 is 1.47 bits per heavy atom. The number of nitrogens with zero attached hydrogens (tertiary/aromatic N) is 3. The van der Waals surface area contributed by atoms with Gasteiger partial charge in [0.2, 0.25) is 5.95 Å². The molecule has 0 saturated carbocycles. The molecule has 6 heteroatoms. The highest BCUT2D eigenvalue weighted by atomic mass is 16.3. The van der Waals surface area contributed by atoms with Crippen LogP contribution in [0.2, 0.25) is 0 Å². The summed E-state index contributed by atoms with van der Waals surface area (Å²) in [5, 5.41) is 12.4. The molecule has 104 valence electrons. The number of rotatable bonds is 2. The molecular weight excluding hydrogens is 244 g/mol. The fourth-order valence-corrected chi connectivity index (χ4v) is 2.84. The minimum Gasteiger partial charge on any atom is -0.396 e. The number of aliphatic hydroxyl groups is 1. The molecule has 1 fully saturated rings. The number of anilines is 1. The van der Waals surface area contributed by atoms with Crippen LogP contribution in [0.1, 0.15) is 29.8 Å². The number of amides is 1. The fourth-order valence-electron chi connectivity index (χ4n) is 2.84. The summed E-state index contributed by atoms with van der Waals surface area (Å²) >= 11 is 0. The largest absolute Gasteiger partial charge is 0.396 e. The first-order chi connectivity index (χ1) is 9.28. The number of carbonyl (C=O) groups excluding carboxylic acids is 1. The van der Waals surface area contributed by atoms with Crippen LogP contribution in [0.5, 0.6) is 0 Å². The van der Waals surface area contributed by atoms with E-state index in [1.807, 2.05) is 15.7 Å². The van der Waals surface area contributed by atoms with Gasteiger partial charge >= 0.3 is 0 Å². The molecule has 2 aliphatic rings. The minimum atomic E-state index is -0.0122. The van der Waals surface area contributed by atoms with Crippen molar-refractivity contribution in [2.45, 2.75) is 25.8 Å². The van der Waals surface area contributed by atoms with Gasteiger partial charge in [0.15, 0.2) is 0 Å². The van der Waals surface area contributed by atoms with Gasteiger partial charge in [-0.05, 0) is 25.2 Å². The molecule has 6 nitrogen and oxygen atoms in total. The van der Waals surface area contributed by atoms with Gasteiger partial charge in [-0.2, -0.15) is 0 Å². The van der Waals surface area contributed by atoms with Crippen LogP contribution in [0.15, 0.2) is 6.20 Å². The topological polar surface area (TPSA) is 70.4 Å². The van der Waals surface area contributed by atoms with Gasteiger partial charge in [-0.15, -0.1) is 0 Å². The first-order valence-corrected chi connectivity index (χ1v) is 6.99. The summed E-state index contributed by atoms with van der Waals surface area (Å²) in [6, 6.07) is 0. The average Bonchev–Trinajstić information content (AvgIpc) is 2.90. The quantitative estimate of drug-likeness (QED) is 0.818. The molecule has 1 saturated heterocycles. The SMILES string of the molecule is O=C(c1cn2c(n1)NCCC2)N1CCCC(CO)C1. The molecule has 19 heavy (non-hydrogen) atoms. The number of aryl methyl sites for hydroxylation is 1. The maximum atomic E-state index is 12.4. The Bertz CT molecular complexity index is 448. The lowest BCUT2D eigenvalue weighted by atomic mass is 9.99. The molecule has 0 aromatic carbocycles. The number of carbonyl (C=O) groups is 1. The van der Waals surface area contributed by atoms with E-state index in [0.29, 0.717) is 12.2 Å². The molecular formula is C13H20N4O2. The number of aliphatic hydroxyl groups excluding tert-OH is 1. The summed E-state index contributed by atoms with van der Waals surface area (Å²) < 4.78 is 2.00. The van der Waals surface area contributed by atoms with Gasteiger partial charge in [-0.25, -0.2) is 4.98 Å². The van der Waals surface area contributed by atoms with Crippen molar-refractivity contribution >= 4 is 11.9 Å². The van der Waals surface area contributed by atoms with E-state index in [9.17, 15) is 9.90 Å². The zero-order chi connectivity index (χ0) is 13.2. The molecule has 0 spiro atoms. The summed E-state index contributed by atoms with van der Waals surface area (Å²) in [4.78, 5) is 18.6. The maximum absolute atomic E-state index is 12.4. The minimum absolute atomic E-state index is 0.0122. The highest BCUT2D eigenvalue weighted by molar-refractivity contribution is 5.92. The Kier molecular flexibility index (Phi) is 3.42. The second-order valence-corrected chi connectivity index (χ2v) is 5.37. The first-order valence-electron chi connectivity index (χ1n) is 6.99. The zero-order valence-corrected chi connectivity index (χ0v) is 11.0. The van der Waals surface area contributed by atoms with Crippen molar-refractivity contribution in [1.29, 1.82) is 0 Å². The van der Waals surface area contributed by atoms with Gasteiger partial charge in [-0.1, -0.05) is 0 Å². The van der Waals surface area contributed by atoms with Crippen molar-refractivity contribution in [3.63, 3.8) is 0 Å². The van der Waals surface area contributed by atoms with Crippen molar-refractivity contribution in [2.75, 3.05) is 31.6 Å². The normalized spacial score (nSPS) is 22.8. The van der Waals surface area contributed by atoms with E-state index in [4.69, 9.17) is 0 Å². The van der Waals surface area contributed by atoms with Gasteiger partial charge in [0.25, 0.3) is 5.91 Å². The van der Waals surface area contributed by atoms with Crippen LogP contribution in [0.3, 0.4) is 0 Å². The Balaban J connectivity index is 1.74. The number of hydrogen-bond donors (Lipinski definition) is 2. The molecule has 1 atom stereocenters. The number of piperidine rings is 1. The lowest BCUT2D eigenvalue weighted by Gasteiger charge is -2.31. The van der Waals surface area contributed by atoms with Crippen LogP contribution < -0.4 is 5.32 Å². The van der Waals surface area contributed by atoms with Gasteiger partial charge < -0.3 is 19.9 Å². The number of likely N-dealkylation sites (tertiary alicyclic amines) is 1. The number of aromatic nitrogens is 2. The summed E-state index contributed by atoms with van der Waals surface area (Å²) in [7, 11) is 0. The van der Waals surface area contributed by atoms with E-state index in [1.54, 1.807) is 0 Å². The van der Waals surface area contributed by atoms with Crippen molar-refractivity contribution in [3.05, 3.63) is 11.9 Å². The van der Waals surface area contributed by atoms with Crippen LogP contribution in [-0.4, -0.2) is 51.7 Å². The van der Waals surface area contributed by atoms with Crippen molar-refractivity contribution in [3.8, 4) is 0 Å². The summed E-state index contributed by atoms with van der Waals surface area (Å²) in [6.07, 6.45) is 4.87. The molecule has 2 aliphatic heterocycles. The molecule has 0 bridgehead atoms. The van der Waals surface area contributed by atoms with E-state index in [1.165, 1.54) is 0 Å².